The number of nitrogens with one attached hydrogen (secondary N) is 1. The molecule has 0 aliphatic heterocycles. The third kappa shape index (κ3) is 4.73. The van der Waals surface area contributed by atoms with E-state index in [1.54, 1.807) is 12.1 Å². The van der Waals surface area contributed by atoms with E-state index in [4.69, 9.17) is 5.11 Å². The molecule has 18 heavy (non-hydrogen) atoms. The van der Waals surface area contributed by atoms with Gasteiger partial charge >= 0.3 is 5.97 Å². The van der Waals surface area contributed by atoms with E-state index in [-0.39, 0.29) is 5.56 Å². The Morgan fingerprint density at radius 1 is 1.33 bits per heavy atom. The minimum absolute atomic E-state index is 0.223. The minimum atomic E-state index is -0.940. The fourth-order valence-corrected chi connectivity index (χ4v) is 1.90. The topological polar surface area (TPSA) is 62.2 Å². The predicted molar refractivity (Wildman–Crippen MR) is 73.0 cm³/mol. The zero-order valence-corrected chi connectivity index (χ0v) is 11.1. The normalized spacial score (nSPS) is 12.1. The number of hydrogen-bond acceptors (Lipinski definition) is 3. The van der Waals surface area contributed by atoms with Crippen LogP contribution < -0.4 is 5.32 Å². The molecule has 1 aromatic heterocycles. The molecule has 0 bridgehead atoms. The smallest absolute Gasteiger partial charge is 0.337 e. The number of hydrogen-bond donors (Lipinski definition) is 2. The Bertz CT molecular complexity index is 363. The molecule has 4 heteroatoms. The van der Waals surface area contributed by atoms with E-state index in [1.807, 2.05) is 0 Å². The molecule has 0 fully saturated rings. The third-order valence-electron chi connectivity index (χ3n) is 2.91. The van der Waals surface area contributed by atoms with Gasteiger partial charge in [0.15, 0.2) is 0 Å². The molecule has 1 rings (SSSR count). The van der Waals surface area contributed by atoms with Crippen LogP contribution in [0.15, 0.2) is 18.3 Å². The molecular weight excluding hydrogens is 228 g/mol. The summed E-state index contributed by atoms with van der Waals surface area (Å²) in [6.45, 7) is 4.35. The van der Waals surface area contributed by atoms with Gasteiger partial charge in [-0.3, -0.25) is 0 Å². The fraction of sp³-hybridized carbons (Fsp3) is 0.571. The molecule has 0 aliphatic carbocycles. The first-order valence-electron chi connectivity index (χ1n) is 6.63. The zero-order valence-electron chi connectivity index (χ0n) is 11.1. The van der Waals surface area contributed by atoms with E-state index in [2.05, 4.69) is 24.1 Å². The van der Waals surface area contributed by atoms with Gasteiger partial charge in [-0.05, 0) is 25.0 Å². The van der Waals surface area contributed by atoms with Crippen molar-refractivity contribution in [2.45, 2.75) is 52.0 Å². The summed E-state index contributed by atoms with van der Waals surface area (Å²) in [4.78, 5) is 14.9. The number of carboxylic acid groups (broad SMARTS) is 1. The second-order valence-electron chi connectivity index (χ2n) is 4.51. The van der Waals surface area contributed by atoms with Gasteiger partial charge in [-0.25, -0.2) is 9.78 Å². The number of carboxylic acids is 1. The molecule has 0 spiro atoms. The number of rotatable bonds is 8. The molecule has 1 atom stereocenters. The highest BCUT2D eigenvalue weighted by Crippen LogP contribution is 2.13. The monoisotopic (exact) mass is 250 g/mol. The largest absolute Gasteiger partial charge is 0.478 e. The molecule has 4 nitrogen and oxygen atoms in total. The highest BCUT2D eigenvalue weighted by molar-refractivity contribution is 5.87. The third-order valence-corrected chi connectivity index (χ3v) is 2.91. The van der Waals surface area contributed by atoms with Crippen LogP contribution in [0.2, 0.25) is 0 Å². The summed E-state index contributed by atoms with van der Waals surface area (Å²) >= 11 is 0. The van der Waals surface area contributed by atoms with Gasteiger partial charge < -0.3 is 10.4 Å². The highest BCUT2D eigenvalue weighted by Gasteiger charge is 2.08. The standard InChI is InChI=1S/C14H22N2O2/c1-3-5-7-12(6-4-2)16-13-9-8-11(10-15-13)14(17)18/h8-10,12H,3-7H2,1-2H3,(H,15,16)(H,17,18). The van der Waals surface area contributed by atoms with Gasteiger partial charge in [0.25, 0.3) is 0 Å². The molecule has 1 aromatic rings. The van der Waals surface area contributed by atoms with E-state index in [9.17, 15) is 4.79 Å². The van der Waals surface area contributed by atoms with Crippen molar-refractivity contribution < 1.29 is 9.90 Å². The van der Waals surface area contributed by atoms with Crippen molar-refractivity contribution in [1.82, 2.24) is 4.98 Å². The van der Waals surface area contributed by atoms with Crippen molar-refractivity contribution in [2.24, 2.45) is 0 Å². The molecule has 0 radical (unpaired) electrons. The second kappa shape index (κ2) is 7.69. The predicted octanol–water partition coefficient (Wildman–Crippen LogP) is 3.55. The van der Waals surface area contributed by atoms with Crippen LogP contribution in [0, 0.1) is 0 Å². The number of carbonyl (C=O) groups is 1. The van der Waals surface area contributed by atoms with Gasteiger partial charge in [-0.2, -0.15) is 0 Å². The zero-order chi connectivity index (χ0) is 13.4. The van der Waals surface area contributed by atoms with Gasteiger partial charge in [0, 0.05) is 12.2 Å². The van der Waals surface area contributed by atoms with E-state index >= 15 is 0 Å². The first-order valence-corrected chi connectivity index (χ1v) is 6.63. The van der Waals surface area contributed by atoms with Gasteiger partial charge in [-0.15, -0.1) is 0 Å². The summed E-state index contributed by atoms with van der Waals surface area (Å²) in [5.41, 5.74) is 0.223. The van der Waals surface area contributed by atoms with Gasteiger partial charge in [0.1, 0.15) is 5.82 Å². The Kier molecular flexibility index (Phi) is 6.19. The molecule has 0 amide bonds. The fourth-order valence-electron chi connectivity index (χ4n) is 1.90. The summed E-state index contributed by atoms with van der Waals surface area (Å²) in [5, 5.41) is 12.2. The van der Waals surface area contributed by atoms with Crippen molar-refractivity contribution in [1.29, 1.82) is 0 Å². The van der Waals surface area contributed by atoms with Crippen LogP contribution in [-0.4, -0.2) is 22.1 Å². The summed E-state index contributed by atoms with van der Waals surface area (Å²) < 4.78 is 0. The SMILES string of the molecule is CCCCC(CCC)Nc1ccc(C(=O)O)cn1. The molecule has 1 heterocycles. The number of aromatic nitrogens is 1. The average Bonchev–Trinajstić information content (AvgIpc) is 2.37. The Morgan fingerprint density at radius 2 is 2.11 bits per heavy atom. The molecule has 0 saturated heterocycles. The van der Waals surface area contributed by atoms with Crippen molar-refractivity contribution in [3.8, 4) is 0 Å². The van der Waals surface area contributed by atoms with E-state index in [1.165, 1.54) is 19.0 Å². The number of anilines is 1. The lowest BCUT2D eigenvalue weighted by molar-refractivity contribution is 0.0696. The molecule has 0 saturated carbocycles. The van der Waals surface area contributed by atoms with E-state index in [0.717, 1.165) is 25.1 Å². The maximum absolute atomic E-state index is 10.7. The Morgan fingerprint density at radius 3 is 2.61 bits per heavy atom. The van der Waals surface area contributed by atoms with Crippen molar-refractivity contribution >= 4 is 11.8 Å². The van der Waals surface area contributed by atoms with Gasteiger partial charge in [0.2, 0.25) is 0 Å². The molecule has 0 aromatic carbocycles. The number of aromatic carboxylic acids is 1. The van der Waals surface area contributed by atoms with Crippen molar-refractivity contribution in [2.75, 3.05) is 5.32 Å². The lowest BCUT2D eigenvalue weighted by Crippen LogP contribution is -2.20. The van der Waals surface area contributed by atoms with Crippen LogP contribution in [0.3, 0.4) is 0 Å². The maximum Gasteiger partial charge on any atom is 0.337 e. The Labute approximate surface area is 108 Å². The summed E-state index contributed by atoms with van der Waals surface area (Å²) in [6.07, 6.45) is 7.16. The summed E-state index contributed by atoms with van der Waals surface area (Å²) in [7, 11) is 0. The molecule has 1 unspecified atom stereocenters. The second-order valence-corrected chi connectivity index (χ2v) is 4.51. The average molecular weight is 250 g/mol. The van der Waals surface area contributed by atoms with Crippen LogP contribution >= 0.6 is 0 Å². The van der Waals surface area contributed by atoms with Gasteiger partial charge in [0.05, 0.1) is 5.56 Å². The lowest BCUT2D eigenvalue weighted by Gasteiger charge is -2.18. The number of nitrogens with zero attached hydrogens (tertiary/aromatic N) is 1. The van der Waals surface area contributed by atoms with Crippen LogP contribution in [0.5, 0.6) is 0 Å². The number of pyridine rings is 1. The maximum atomic E-state index is 10.7. The summed E-state index contributed by atoms with van der Waals surface area (Å²) in [6, 6.07) is 3.75. The van der Waals surface area contributed by atoms with E-state index in [0.29, 0.717) is 6.04 Å². The van der Waals surface area contributed by atoms with Crippen molar-refractivity contribution in [3.05, 3.63) is 23.9 Å². The van der Waals surface area contributed by atoms with Gasteiger partial charge in [-0.1, -0.05) is 33.1 Å². The first-order chi connectivity index (χ1) is 8.67. The molecule has 2 N–H and O–H groups in total. The molecular formula is C14H22N2O2. The van der Waals surface area contributed by atoms with E-state index < -0.39 is 5.97 Å². The Hall–Kier alpha value is -1.58. The highest BCUT2D eigenvalue weighted by atomic mass is 16.4. The first kappa shape index (κ1) is 14.5. The van der Waals surface area contributed by atoms with Crippen LogP contribution in [0.25, 0.3) is 0 Å². The quantitative estimate of drug-likeness (QED) is 0.740. The summed E-state index contributed by atoms with van der Waals surface area (Å²) in [5.74, 6) is -0.181. The minimum Gasteiger partial charge on any atom is -0.478 e. The van der Waals surface area contributed by atoms with Crippen LogP contribution in [-0.2, 0) is 0 Å². The van der Waals surface area contributed by atoms with Crippen LogP contribution in [0.1, 0.15) is 56.3 Å². The lowest BCUT2D eigenvalue weighted by atomic mass is 10.1. The number of unbranched alkanes of at least 4 members (excludes halogenated alkanes) is 1. The van der Waals surface area contributed by atoms with Crippen molar-refractivity contribution in [3.63, 3.8) is 0 Å². The Balaban J connectivity index is 2.59. The molecule has 0 aliphatic rings. The van der Waals surface area contributed by atoms with Crippen LogP contribution in [0.4, 0.5) is 5.82 Å². The molecule has 100 valence electrons.